The number of nitrogens with zero attached hydrogens (tertiary/aromatic N) is 1. The van der Waals surface area contributed by atoms with E-state index < -0.39 is 5.85 Å². The first kappa shape index (κ1) is 8.34. The van der Waals surface area contributed by atoms with Gasteiger partial charge in [0.15, 0.2) is 5.85 Å². The lowest BCUT2D eigenvalue weighted by Gasteiger charge is -2.20. The van der Waals surface area contributed by atoms with Crippen molar-refractivity contribution in [3.63, 3.8) is 0 Å². The predicted molar refractivity (Wildman–Crippen MR) is 44.7 cm³/mol. The molecule has 0 aromatic heterocycles. The van der Waals surface area contributed by atoms with Crippen molar-refractivity contribution < 1.29 is 5.11 Å². The molecule has 0 aliphatic rings. The van der Waals surface area contributed by atoms with E-state index in [2.05, 4.69) is 0 Å². The van der Waals surface area contributed by atoms with Crippen molar-refractivity contribution in [3.05, 3.63) is 0 Å². The Bertz CT molecular complexity index is 59.2. The van der Waals surface area contributed by atoms with Gasteiger partial charge in [0.1, 0.15) is 0 Å². The second-order valence-electron chi connectivity index (χ2n) is 1.33. The van der Waals surface area contributed by atoms with Crippen molar-refractivity contribution >= 4 is 45.7 Å². The molecule has 0 bridgehead atoms. The molecule has 0 heterocycles. The molecule has 0 fully saturated rings. The number of hydrogen-bond donors (Lipinski definition) is 2. The van der Waals surface area contributed by atoms with Crippen LogP contribution in [0.3, 0.4) is 0 Å². The molecular weight excluding hydrogens is 322 g/mol. The molecule has 0 amide bonds. The van der Waals surface area contributed by atoms with Crippen LogP contribution in [0.25, 0.3) is 0 Å². The van der Waals surface area contributed by atoms with E-state index >= 15 is 0 Å². The molecule has 1 atom stereocenters. The molecule has 0 radical (unpaired) electrons. The Hall–Kier alpha value is 1.34. The van der Waals surface area contributed by atoms with Crippen LogP contribution < -0.4 is 5.73 Å². The van der Waals surface area contributed by atoms with E-state index in [4.69, 9.17) is 10.8 Å². The molecule has 3 nitrogen and oxygen atoms in total. The van der Waals surface area contributed by atoms with Crippen LogP contribution in [-0.4, -0.2) is 12.3 Å². The first-order chi connectivity index (χ1) is 2.94. The zero-order chi connectivity index (χ0) is 6.08. The minimum Gasteiger partial charge on any atom is -0.362 e. The summed E-state index contributed by atoms with van der Waals surface area (Å²) < 4.78 is 1.46. The van der Waals surface area contributed by atoms with Crippen LogP contribution in [0, 0.1) is 0 Å². The number of aliphatic hydroxyl groups is 1. The van der Waals surface area contributed by atoms with Crippen LogP contribution in [-0.2, 0) is 0 Å². The van der Waals surface area contributed by atoms with Crippen molar-refractivity contribution in [2.45, 2.75) is 12.8 Å². The zero-order valence-electron chi connectivity index (χ0n) is 3.73. The smallest absolute Gasteiger partial charge is 0.186 e. The third-order valence-corrected chi connectivity index (χ3v) is 2.30. The summed E-state index contributed by atoms with van der Waals surface area (Å²) in [4.78, 5) is 0. The summed E-state index contributed by atoms with van der Waals surface area (Å²) in [5.41, 5.74) is 5.14. The topological polar surface area (TPSA) is 49.5 Å². The Balaban J connectivity index is 3.54. The largest absolute Gasteiger partial charge is 0.362 e. The molecule has 1 unspecified atom stereocenters. The van der Waals surface area contributed by atoms with Crippen LogP contribution in [0.2, 0.25) is 0 Å². The lowest BCUT2D eigenvalue weighted by atomic mass is 10.6. The van der Waals surface area contributed by atoms with Crippen molar-refractivity contribution in [1.82, 2.24) is 1.33 Å². The van der Waals surface area contributed by atoms with E-state index in [1.807, 2.05) is 45.7 Å². The fraction of sp³-hybridized carbons (Fsp3) is 1.00. The SMILES string of the molecule is CC(N)(O)N(I)I. The van der Waals surface area contributed by atoms with Crippen molar-refractivity contribution in [1.29, 1.82) is 0 Å². The Morgan fingerprint density at radius 3 is 1.86 bits per heavy atom. The highest BCUT2D eigenvalue weighted by Gasteiger charge is 2.17. The average Bonchev–Trinajstić information content (AvgIpc) is 1.31. The summed E-state index contributed by atoms with van der Waals surface area (Å²) in [5, 5.41) is 8.78. The monoisotopic (exact) mass is 328 g/mol. The van der Waals surface area contributed by atoms with Crippen molar-refractivity contribution in [2.75, 3.05) is 0 Å². The zero-order valence-corrected chi connectivity index (χ0v) is 8.04. The summed E-state index contributed by atoms with van der Waals surface area (Å²) in [7, 11) is 0. The van der Waals surface area contributed by atoms with E-state index in [1.54, 1.807) is 0 Å². The van der Waals surface area contributed by atoms with Crippen molar-refractivity contribution in [2.24, 2.45) is 5.73 Å². The van der Waals surface area contributed by atoms with Crippen LogP contribution in [0.4, 0.5) is 0 Å². The standard InChI is InChI=1S/C2H6I2N2O/c1-2(5,7)6(3)4/h7H,5H2,1H3. The lowest BCUT2D eigenvalue weighted by molar-refractivity contribution is 0.0280. The van der Waals surface area contributed by atoms with Gasteiger partial charge in [-0.1, -0.05) is 0 Å². The molecule has 3 N–H and O–H groups in total. The quantitative estimate of drug-likeness (QED) is 0.421. The molecule has 0 saturated carbocycles. The number of hydrogen-bond acceptors (Lipinski definition) is 3. The Morgan fingerprint density at radius 1 is 1.71 bits per heavy atom. The number of halogens is 2. The van der Waals surface area contributed by atoms with Gasteiger partial charge in [-0.25, -0.2) is 0 Å². The lowest BCUT2D eigenvalue weighted by Crippen LogP contribution is -2.43. The maximum atomic E-state index is 8.78. The van der Waals surface area contributed by atoms with Gasteiger partial charge in [0, 0.05) is 45.7 Å². The Kier molecular flexibility index (Phi) is 3.29. The maximum Gasteiger partial charge on any atom is 0.186 e. The first-order valence-corrected chi connectivity index (χ1v) is 3.50. The summed E-state index contributed by atoms with van der Waals surface area (Å²) >= 11 is 3.79. The van der Waals surface area contributed by atoms with Gasteiger partial charge < -0.3 is 5.11 Å². The normalized spacial score (nSPS) is 19.7. The van der Waals surface area contributed by atoms with E-state index in [0.717, 1.165) is 0 Å². The van der Waals surface area contributed by atoms with Crippen LogP contribution in [0.5, 0.6) is 0 Å². The molecule has 0 aromatic rings. The molecule has 5 heteroatoms. The van der Waals surface area contributed by atoms with Gasteiger partial charge in [-0.3, -0.25) is 5.73 Å². The van der Waals surface area contributed by atoms with Gasteiger partial charge in [0.25, 0.3) is 0 Å². The highest BCUT2D eigenvalue weighted by Crippen LogP contribution is 2.15. The molecular formula is C2H6I2N2O. The molecule has 0 aromatic carbocycles. The maximum absolute atomic E-state index is 8.78. The Labute approximate surface area is 70.2 Å². The fourth-order valence-electron chi connectivity index (χ4n) is 0. The van der Waals surface area contributed by atoms with Crippen molar-refractivity contribution in [3.8, 4) is 0 Å². The van der Waals surface area contributed by atoms with Gasteiger partial charge in [-0.2, -0.15) is 0 Å². The molecule has 44 valence electrons. The van der Waals surface area contributed by atoms with E-state index in [0.29, 0.717) is 0 Å². The Morgan fingerprint density at radius 2 is 1.86 bits per heavy atom. The third-order valence-electron chi connectivity index (χ3n) is 0.342. The van der Waals surface area contributed by atoms with Gasteiger partial charge in [0.2, 0.25) is 0 Å². The van der Waals surface area contributed by atoms with Crippen LogP contribution >= 0.6 is 45.7 Å². The summed E-state index contributed by atoms with van der Waals surface area (Å²) in [6.45, 7) is 1.51. The van der Waals surface area contributed by atoms with Crippen LogP contribution in [0.1, 0.15) is 6.92 Å². The minimum absolute atomic E-state index is 1.19. The van der Waals surface area contributed by atoms with Crippen LogP contribution in [0.15, 0.2) is 0 Å². The molecule has 0 saturated heterocycles. The third kappa shape index (κ3) is 3.88. The second kappa shape index (κ2) is 2.76. The highest BCUT2D eigenvalue weighted by molar-refractivity contribution is 14.2. The van der Waals surface area contributed by atoms with Gasteiger partial charge in [-0.15, -0.1) is 1.33 Å². The van der Waals surface area contributed by atoms with E-state index in [-0.39, 0.29) is 0 Å². The summed E-state index contributed by atoms with van der Waals surface area (Å²) in [5.74, 6) is -1.19. The molecule has 0 aliphatic carbocycles. The van der Waals surface area contributed by atoms with Gasteiger partial charge in [0.05, 0.1) is 0 Å². The highest BCUT2D eigenvalue weighted by atomic mass is 127. The van der Waals surface area contributed by atoms with Gasteiger partial charge in [-0.05, 0) is 6.92 Å². The predicted octanol–water partition coefficient (Wildman–Crippen LogP) is 0.613. The summed E-state index contributed by atoms with van der Waals surface area (Å²) in [6.07, 6.45) is 0. The van der Waals surface area contributed by atoms with E-state index in [9.17, 15) is 0 Å². The molecule has 0 aliphatic heterocycles. The summed E-state index contributed by atoms with van der Waals surface area (Å²) in [6, 6.07) is 0. The van der Waals surface area contributed by atoms with Gasteiger partial charge >= 0.3 is 0 Å². The van der Waals surface area contributed by atoms with E-state index in [1.165, 1.54) is 8.25 Å². The average molecular weight is 328 g/mol. The fourth-order valence-corrected chi connectivity index (χ4v) is 0. The minimum atomic E-state index is -1.19. The first-order valence-electron chi connectivity index (χ1n) is 1.57. The number of nitrogens with two attached hydrogens (primary N) is 1. The number of rotatable bonds is 1. The second-order valence-corrected chi connectivity index (χ2v) is 5.10. The molecule has 0 spiro atoms. The molecule has 0 rings (SSSR count). The molecule has 7 heavy (non-hydrogen) atoms.